The van der Waals surface area contributed by atoms with Crippen LogP contribution in [-0.2, 0) is 16.5 Å². The van der Waals surface area contributed by atoms with E-state index in [4.69, 9.17) is 0 Å². The van der Waals surface area contributed by atoms with E-state index in [1.54, 1.807) is 0 Å². The summed E-state index contributed by atoms with van der Waals surface area (Å²) < 4.78 is 0. The molecule has 0 amide bonds. The van der Waals surface area contributed by atoms with Crippen LogP contribution in [0.25, 0.3) is 0 Å². The van der Waals surface area contributed by atoms with Crippen LogP contribution in [0.2, 0.25) is 0 Å². The average molecular weight is 271 g/mol. The van der Waals surface area contributed by atoms with E-state index in [-0.39, 0.29) is 16.5 Å². The molecule has 2 aliphatic carbocycles. The summed E-state index contributed by atoms with van der Waals surface area (Å²) in [4.78, 5) is 0. The Morgan fingerprint density at radius 3 is 0.824 bits per heavy atom. The Morgan fingerprint density at radius 2 is 0.588 bits per heavy atom. The third-order valence-electron chi connectivity index (χ3n) is 2.21. The second-order valence-corrected chi connectivity index (χ2v) is 3.64. The molecule has 1 heteroatoms. The molecule has 2 aliphatic rings. The van der Waals surface area contributed by atoms with Gasteiger partial charge in [-0.2, -0.15) is 0 Å². The van der Waals surface area contributed by atoms with Crippen molar-refractivity contribution in [1.82, 2.24) is 0 Å². The van der Waals surface area contributed by atoms with E-state index in [2.05, 4.69) is 72.9 Å². The summed E-state index contributed by atoms with van der Waals surface area (Å²) in [5, 5.41) is 0. The quantitative estimate of drug-likeness (QED) is 0.550. The predicted octanol–water partition coefficient (Wildman–Crippen LogP) is 4.90. The van der Waals surface area contributed by atoms with Gasteiger partial charge in [-0.15, -0.1) is 0 Å². The average Bonchev–Trinajstić information content (AvgIpc) is 2.15. The summed E-state index contributed by atoms with van der Waals surface area (Å²) in [6.07, 6.45) is 30.0. The summed E-state index contributed by atoms with van der Waals surface area (Å²) in [5.74, 6) is 0. The number of hydrogen-bond acceptors (Lipinski definition) is 0. The van der Waals surface area contributed by atoms with E-state index < -0.39 is 0 Å². The zero-order valence-corrected chi connectivity index (χ0v) is 11.1. The van der Waals surface area contributed by atoms with Gasteiger partial charge in [-0.3, -0.25) is 0 Å². The van der Waals surface area contributed by atoms with E-state index >= 15 is 0 Å². The van der Waals surface area contributed by atoms with Crippen LogP contribution < -0.4 is 0 Å². The molecule has 0 heterocycles. The van der Waals surface area contributed by atoms with Crippen molar-refractivity contribution in [2.75, 3.05) is 0 Å². The molecule has 0 atom stereocenters. The van der Waals surface area contributed by atoms with Crippen molar-refractivity contribution in [1.29, 1.82) is 0 Å². The fraction of sp³-hybridized carbons (Fsp3) is 0.250. The summed E-state index contributed by atoms with van der Waals surface area (Å²) in [6.45, 7) is 0. The zero-order valence-electron chi connectivity index (χ0n) is 10.1. The second kappa shape index (κ2) is 13.0. The van der Waals surface area contributed by atoms with Gasteiger partial charge in [0.1, 0.15) is 0 Å². The SMILES string of the molecule is C1=C\C=C/CC\C=C/1.C1=C\C=C/CC\C=C/1.[Ni+2]. The standard InChI is InChI=1S/2C8H10.Ni/c2*1-2-4-6-8-7-5-3-1;/h2*1-6H,7-8H2;/q;;+2/b2*2-1-,5-3-,6-4-;. The Kier molecular flexibility index (Phi) is 12.2. The molecule has 0 unspecified atom stereocenters. The molecule has 0 spiro atoms. The van der Waals surface area contributed by atoms with E-state index in [1.165, 1.54) is 25.7 Å². The molecule has 0 saturated heterocycles. The molecular formula is C16H20Ni+2. The van der Waals surface area contributed by atoms with Gasteiger partial charge in [-0.25, -0.2) is 0 Å². The Hall–Kier alpha value is -1.07. The first-order valence-corrected chi connectivity index (χ1v) is 5.97. The van der Waals surface area contributed by atoms with E-state index in [1.807, 2.05) is 0 Å². The van der Waals surface area contributed by atoms with Crippen molar-refractivity contribution < 1.29 is 16.5 Å². The maximum absolute atomic E-state index is 2.18. The second-order valence-electron chi connectivity index (χ2n) is 3.64. The molecule has 0 radical (unpaired) electrons. The van der Waals surface area contributed by atoms with Gasteiger partial charge in [0, 0.05) is 0 Å². The van der Waals surface area contributed by atoms with Gasteiger partial charge in [0.05, 0.1) is 0 Å². The molecule has 0 N–H and O–H groups in total. The summed E-state index contributed by atoms with van der Waals surface area (Å²) in [5.41, 5.74) is 0. The van der Waals surface area contributed by atoms with Crippen LogP contribution in [0.5, 0.6) is 0 Å². The summed E-state index contributed by atoms with van der Waals surface area (Å²) >= 11 is 0. The van der Waals surface area contributed by atoms with Gasteiger partial charge < -0.3 is 0 Å². The fourth-order valence-electron chi connectivity index (χ4n) is 1.34. The van der Waals surface area contributed by atoms with E-state index in [9.17, 15) is 0 Å². The van der Waals surface area contributed by atoms with Crippen LogP contribution in [0, 0.1) is 0 Å². The third kappa shape index (κ3) is 11.2. The molecule has 0 aromatic carbocycles. The minimum Gasteiger partial charge on any atom is -0.0842 e. The molecule has 0 saturated carbocycles. The minimum atomic E-state index is 0. The first-order valence-electron chi connectivity index (χ1n) is 5.97. The molecule has 0 fully saturated rings. The van der Waals surface area contributed by atoms with Crippen LogP contribution in [0.4, 0.5) is 0 Å². The fourth-order valence-corrected chi connectivity index (χ4v) is 1.34. The predicted molar refractivity (Wildman–Crippen MR) is 73.3 cm³/mol. The largest absolute Gasteiger partial charge is 2.00 e. The van der Waals surface area contributed by atoms with Crippen LogP contribution in [0.15, 0.2) is 72.9 Å². The molecule has 0 bridgehead atoms. The first kappa shape index (κ1) is 15.9. The maximum Gasteiger partial charge on any atom is 2.00 e. The molecule has 17 heavy (non-hydrogen) atoms. The minimum absolute atomic E-state index is 0. The zero-order chi connectivity index (χ0) is 11.3. The topological polar surface area (TPSA) is 0 Å². The van der Waals surface area contributed by atoms with Gasteiger partial charge in [-0.05, 0) is 25.7 Å². The third-order valence-corrected chi connectivity index (χ3v) is 2.21. The Morgan fingerprint density at radius 1 is 0.353 bits per heavy atom. The van der Waals surface area contributed by atoms with Crippen molar-refractivity contribution >= 4 is 0 Å². The van der Waals surface area contributed by atoms with Crippen molar-refractivity contribution in [2.45, 2.75) is 25.7 Å². The summed E-state index contributed by atoms with van der Waals surface area (Å²) in [6, 6.07) is 0. The number of rotatable bonds is 0. The first-order chi connectivity index (χ1) is 8.00. The number of hydrogen-bond donors (Lipinski definition) is 0. The van der Waals surface area contributed by atoms with Gasteiger partial charge in [0.15, 0.2) is 0 Å². The Labute approximate surface area is 115 Å². The van der Waals surface area contributed by atoms with E-state index in [0.717, 1.165) is 0 Å². The summed E-state index contributed by atoms with van der Waals surface area (Å²) in [7, 11) is 0. The van der Waals surface area contributed by atoms with Crippen LogP contribution in [0.3, 0.4) is 0 Å². The van der Waals surface area contributed by atoms with Crippen molar-refractivity contribution in [3.63, 3.8) is 0 Å². The Bertz CT molecular complexity index is 261. The molecule has 92 valence electrons. The Balaban J connectivity index is 0.000000284. The molecule has 2 rings (SSSR count). The number of allylic oxidation sites excluding steroid dienone is 12. The molecular weight excluding hydrogens is 251 g/mol. The van der Waals surface area contributed by atoms with E-state index in [0.29, 0.717) is 0 Å². The van der Waals surface area contributed by atoms with Crippen molar-refractivity contribution in [3.8, 4) is 0 Å². The van der Waals surface area contributed by atoms with Crippen molar-refractivity contribution in [3.05, 3.63) is 72.9 Å². The van der Waals surface area contributed by atoms with Gasteiger partial charge in [0.2, 0.25) is 0 Å². The monoisotopic (exact) mass is 270 g/mol. The van der Waals surface area contributed by atoms with Crippen LogP contribution >= 0.6 is 0 Å². The molecule has 0 aromatic rings. The van der Waals surface area contributed by atoms with Gasteiger partial charge in [-0.1, -0.05) is 72.9 Å². The normalized spacial score (nSPS) is 28.2. The van der Waals surface area contributed by atoms with Crippen molar-refractivity contribution in [2.24, 2.45) is 0 Å². The van der Waals surface area contributed by atoms with Gasteiger partial charge in [0.25, 0.3) is 0 Å². The maximum atomic E-state index is 2.18. The van der Waals surface area contributed by atoms with Crippen LogP contribution in [0.1, 0.15) is 25.7 Å². The van der Waals surface area contributed by atoms with Gasteiger partial charge >= 0.3 is 16.5 Å². The molecule has 0 aromatic heterocycles. The van der Waals surface area contributed by atoms with Crippen LogP contribution in [-0.4, -0.2) is 0 Å². The smallest absolute Gasteiger partial charge is 0.0842 e. The molecule has 0 nitrogen and oxygen atoms in total. The molecule has 0 aliphatic heterocycles.